The number of hydrogen-bond donors (Lipinski definition) is 3. The van der Waals surface area contributed by atoms with E-state index >= 15 is 0 Å². The number of thioether (sulfide) groups is 1. The molecule has 1 fully saturated rings. The van der Waals surface area contributed by atoms with Crippen molar-refractivity contribution in [1.82, 2.24) is 4.90 Å². The van der Waals surface area contributed by atoms with Gasteiger partial charge in [-0.25, -0.2) is 13.6 Å². The normalized spacial score (nSPS) is 17.5. The summed E-state index contributed by atoms with van der Waals surface area (Å²) in [5.74, 6) is -3.80. The van der Waals surface area contributed by atoms with Crippen LogP contribution in [-0.2, 0) is 19.2 Å². The lowest BCUT2D eigenvalue weighted by Crippen LogP contribution is -2.57. The summed E-state index contributed by atoms with van der Waals surface area (Å²) in [5.41, 5.74) is 6.16. The van der Waals surface area contributed by atoms with Crippen molar-refractivity contribution in [3.8, 4) is 5.75 Å². The van der Waals surface area contributed by atoms with Crippen molar-refractivity contribution in [3.63, 3.8) is 0 Å². The van der Waals surface area contributed by atoms with Crippen LogP contribution in [0.15, 0.2) is 72.8 Å². The van der Waals surface area contributed by atoms with E-state index in [1.807, 2.05) is 0 Å². The van der Waals surface area contributed by atoms with Crippen molar-refractivity contribution in [2.45, 2.75) is 44.2 Å². The molecule has 3 aromatic rings. The molecule has 0 aliphatic carbocycles. The quantitative estimate of drug-likeness (QED) is 0.245. The summed E-state index contributed by atoms with van der Waals surface area (Å²) in [7, 11) is 0. The second kappa shape index (κ2) is 14.4. The summed E-state index contributed by atoms with van der Waals surface area (Å²) in [6, 6.07) is 15.5. The highest BCUT2D eigenvalue weighted by atomic mass is 32.2. The van der Waals surface area contributed by atoms with E-state index in [0.29, 0.717) is 21.7 Å². The maximum atomic E-state index is 13.6. The summed E-state index contributed by atoms with van der Waals surface area (Å²) in [5, 5.41) is 19.8. The molecule has 4 atom stereocenters. The molecule has 0 saturated carbocycles. The first-order chi connectivity index (χ1) is 21.7. The van der Waals surface area contributed by atoms with Crippen LogP contribution in [0.1, 0.15) is 44.0 Å². The van der Waals surface area contributed by atoms with Gasteiger partial charge < -0.3 is 25.6 Å². The topological polar surface area (TPSA) is 150 Å². The first-order valence-corrected chi connectivity index (χ1v) is 15.4. The maximum absolute atomic E-state index is 13.6. The molecule has 4 rings (SSSR count). The minimum Gasteiger partial charge on any atom is -0.484 e. The Labute approximate surface area is 269 Å². The van der Waals surface area contributed by atoms with Crippen LogP contribution in [0, 0.1) is 17.0 Å². The number of aliphatic carboxylic acids is 1. The van der Waals surface area contributed by atoms with E-state index < -0.39 is 71.4 Å². The minimum atomic E-state index is -1.47. The van der Waals surface area contributed by atoms with Gasteiger partial charge in [0.15, 0.2) is 6.61 Å². The predicted octanol–water partition coefficient (Wildman–Crippen LogP) is 4.08. The molecule has 10 nitrogen and oxygen atoms in total. The fourth-order valence-corrected chi connectivity index (χ4v) is 6.48. The molecule has 1 aliphatic rings. The molecule has 1 heterocycles. The summed E-state index contributed by atoms with van der Waals surface area (Å²) in [4.78, 5) is 53.0. The fourth-order valence-electron chi connectivity index (χ4n) is 5.18. The average Bonchev–Trinajstić information content (AvgIpc) is 3.01. The zero-order valence-electron chi connectivity index (χ0n) is 25.4. The van der Waals surface area contributed by atoms with Gasteiger partial charge in [-0.3, -0.25) is 19.3 Å². The molecule has 0 radical (unpaired) electrons. The minimum absolute atomic E-state index is 0.156. The Bertz CT molecular complexity index is 1560. The molecular formula is C33H35F2N3O7S. The number of nitrogens with two attached hydrogens (primary N) is 1. The van der Waals surface area contributed by atoms with Crippen LogP contribution in [0.5, 0.6) is 5.75 Å². The maximum Gasteiger partial charge on any atom is 0.327 e. The Morgan fingerprint density at radius 1 is 0.957 bits per heavy atom. The fraction of sp³-hybridized carbons (Fsp3) is 0.333. The van der Waals surface area contributed by atoms with Crippen LogP contribution in [0.2, 0.25) is 0 Å². The molecule has 1 aliphatic heterocycles. The van der Waals surface area contributed by atoms with Crippen molar-refractivity contribution < 1.29 is 42.9 Å². The number of hydrogen-bond acceptors (Lipinski definition) is 8. The zero-order valence-corrected chi connectivity index (χ0v) is 26.2. The second-order valence-electron chi connectivity index (χ2n) is 11.8. The van der Waals surface area contributed by atoms with Gasteiger partial charge in [0, 0.05) is 11.4 Å². The number of imide groups is 1. The molecule has 13 heteroatoms. The number of halogens is 2. The van der Waals surface area contributed by atoms with Crippen molar-refractivity contribution in [2.75, 3.05) is 23.8 Å². The lowest BCUT2D eigenvalue weighted by atomic mass is 9.85. The SMILES string of the molecule is CC(C)(C)[C@H](C(=O)O)N(C(=O)CN)C(=O)COc1ccc([C@@H]2[C@@H](SCC(O)c3ccc(F)cc3)C(=O)N2c2ccc(F)cc2)cc1. The highest BCUT2D eigenvalue weighted by Crippen LogP contribution is 2.46. The van der Waals surface area contributed by atoms with Gasteiger partial charge >= 0.3 is 5.97 Å². The highest BCUT2D eigenvalue weighted by molar-refractivity contribution is 8.00. The Morgan fingerprint density at radius 2 is 1.52 bits per heavy atom. The predicted molar refractivity (Wildman–Crippen MR) is 168 cm³/mol. The Kier molecular flexibility index (Phi) is 10.8. The molecule has 244 valence electrons. The molecule has 4 N–H and O–H groups in total. The van der Waals surface area contributed by atoms with Crippen molar-refractivity contribution in [1.29, 1.82) is 0 Å². The Morgan fingerprint density at radius 3 is 2.04 bits per heavy atom. The third-order valence-corrected chi connectivity index (χ3v) is 8.77. The number of benzene rings is 3. The Hall–Kier alpha value is -4.33. The van der Waals surface area contributed by atoms with E-state index in [0.717, 1.165) is 0 Å². The first-order valence-electron chi connectivity index (χ1n) is 14.4. The molecular weight excluding hydrogens is 620 g/mol. The number of anilines is 1. The van der Waals surface area contributed by atoms with Crippen LogP contribution in [-0.4, -0.2) is 69.0 Å². The lowest BCUT2D eigenvalue weighted by Gasteiger charge is -2.47. The van der Waals surface area contributed by atoms with Gasteiger partial charge in [0.1, 0.15) is 28.7 Å². The number of carbonyl (C=O) groups excluding carboxylic acids is 3. The zero-order chi connectivity index (χ0) is 33.8. The van der Waals surface area contributed by atoms with Gasteiger partial charge in [-0.15, -0.1) is 11.8 Å². The molecule has 46 heavy (non-hydrogen) atoms. The summed E-state index contributed by atoms with van der Waals surface area (Å²) in [6.45, 7) is 3.57. The van der Waals surface area contributed by atoms with E-state index in [-0.39, 0.29) is 17.4 Å². The van der Waals surface area contributed by atoms with E-state index in [2.05, 4.69) is 0 Å². The highest BCUT2D eigenvalue weighted by Gasteiger charge is 2.49. The van der Waals surface area contributed by atoms with Crippen LogP contribution in [0.25, 0.3) is 0 Å². The number of ether oxygens (including phenoxy) is 1. The van der Waals surface area contributed by atoms with E-state index in [1.54, 1.807) is 45.0 Å². The van der Waals surface area contributed by atoms with Crippen LogP contribution in [0.4, 0.5) is 14.5 Å². The number of amides is 3. The van der Waals surface area contributed by atoms with Gasteiger partial charge in [0.2, 0.25) is 11.8 Å². The molecule has 0 bridgehead atoms. The van der Waals surface area contributed by atoms with Gasteiger partial charge in [-0.1, -0.05) is 45.0 Å². The van der Waals surface area contributed by atoms with Crippen molar-refractivity contribution >= 4 is 41.1 Å². The van der Waals surface area contributed by atoms with Crippen molar-refractivity contribution in [3.05, 3.63) is 95.6 Å². The summed E-state index contributed by atoms with van der Waals surface area (Å²) in [6.07, 6.45) is -0.947. The monoisotopic (exact) mass is 655 g/mol. The van der Waals surface area contributed by atoms with Crippen LogP contribution < -0.4 is 15.4 Å². The van der Waals surface area contributed by atoms with Gasteiger partial charge in [-0.05, 0) is 65.1 Å². The molecule has 0 aromatic heterocycles. The number of aliphatic hydroxyl groups excluding tert-OH is 1. The number of β-lactam (4-membered cyclic amide) rings is 1. The Balaban J connectivity index is 1.51. The second-order valence-corrected chi connectivity index (χ2v) is 13.0. The molecule has 3 amide bonds. The van der Waals surface area contributed by atoms with Crippen LogP contribution in [0.3, 0.4) is 0 Å². The number of aliphatic hydroxyl groups is 1. The van der Waals surface area contributed by atoms with E-state index in [4.69, 9.17) is 10.5 Å². The average molecular weight is 656 g/mol. The third-order valence-electron chi connectivity index (χ3n) is 7.45. The standard InChI is InChI=1S/C33H35F2N3O7S/c1-33(2,3)30(32(43)44)38(26(40)16-36)27(41)17-45-24-14-6-20(7-15-24)28-29(31(42)37(28)23-12-10-22(35)11-13-23)46-18-25(39)19-4-8-21(34)9-5-19/h4-15,25,28-30,39H,16-18,36H2,1-3H3,(H,43,44)/t25?,28-,29-,30+/m1/s1. The number of carboxylic acid groups (broad SMARTS) is 1. The van der Waals surface area contributed by atoms with Gasteiger partial charge in [-0.2, -0.15) is 0 Å². The van der Waals surface area contributed by atoms with Gasteiger partial charge in [0.05, 0.1) is 18.7 Å². The number of nitrogens with zero attached hydrogens (tertiary/aromatic N) is 2. The summed E-state index contributed by atoms with van der Waals surface area (Å²) < 4.78 is 32.6. The third kappa shape index (κ3) is 7.72. The van der Waals surface area contributed by atoms with Crippen LogP contribution >= 0.6 is 11.8 Å². The molecule has 1 saturated heterocycles. The number of rotatable bonds is 12. The van der Waals surface area contributed by atoms with E-state index in [1.165, 1.54) is 65.2 Å². The van der Waals surface area contributed by atoms with E-state index in [9.17, 15) is 38.2 Å². The van der Waals surface area contributed by atoms with Crippen molar-refractivity contribution in [2.24, 2.45) is 11.1 Å². The molecule has 3 aromatic carbocycles. The lowest BCUT2D eigenvalue weighted by molar-refractivity contribution is -0.163. The first kappa shape index (κ1) is 34.5. The van der Waals surface area contributed by atoms with Gasteiger partial charge in [0.25, 0.3) is 5.91 Å². The largest absolute Gasteiger partial charge is 0.484 e. The smallest absolute Gasteiger partial charge is 0.327 e. The number of carbonyl (C=O) groups is 4. The molecule has 0 spiro atoms. The molecule has 1 unspecified atom stereocenters. The summed E-state index contributed by atoms with van der Waals surface area (Å²) >= 11 is 1.24. The number of carboxylic acids is 1.